The molecular weight excluding hydrogens is 204 g/mol. The van der Waals surface area contributed by atoms with Crippen molar-refractivity contribution in [3.63, 3.8) is 0 Å². The average molecular weight is 222 g/mol. The van der Waals surface area contributed by atoms with Gasteiger partial charge < -0.3 is 9.84 Å². The smallest absolute Gasteiger partial charge is 0.104 e. The molecule has 2 rings (SSSR count). The van der Waals surface area contributed by atoms with Crippen molar-refractivity contribution in [2.45, 2.75) is 45.8 Å². The topological polar surface area (TPSA) is 55.2 Å². The number of hydrogen-bond acceptors (Lipinski definition) is 4. The summed E-state index contributed by atoms with van der Waals surface area (Å²) < 4.78 is 5.65. The largest absolute Gasteiger partial charge is 0.393 e. The highest BCUT2D eigenvalue weighted by Crippen LogP contribution is 2.28. The molecule has 0 aliphatic carbocycles. The first kappa shape index (κ1) is 11.5. The summed E-state index contributed by atoms with van der Waals surface area (Å²) in [5.41, 5.74) is 3.67. The standard InChI is InChI=1S/C12H18N2O2/c1-7-8(2)14-12(9(3)13-7)11-6-10(15)4-5-16-11/h10-11,15H,4-6H2,1-3H3. The molecule has 0 bridgehead atoms. The molecule has 1 aliphatic rings. The Morgan fingerprint density at radius 2 is 1.81 bits per heavy atom. The second-order valence-electron chi connectivity index (χ2n) is 4.40. The van der Waals surface area contributed by atoms with Gasteiger partial charge in [0.1, 0.15) is 6.10 Å². The number of nitrogens with zero attached hydrogens (tertiary/aromatic N) is 2. The van der Waals surface area contributed by atoms with Crippen LogP contribution in [0.5, 0.6) is 0 Å². The molecule has 0 amide bonds. The molecule has 1 fully saturated rings. The molecule has 0 spiro atoms. The van der Waals surface area contributed by atoms with E-state index in [0.717, 1.165) is 22.8 Å². The summed E-state index contributed by atoms with van der Waals surface area (Å²) in [5.74, 6) is 0. The Morgan fingerprint density at radius 1 is 1.12 bits per heavy atom. The van der Waals surface area contributed by atoms with Crippen LogP contribution in [0.2, 0.25) is 0 Å². The number of ether oxygens (including phenoxy) is 1. The van der Waals surface area contributed by atoms with Crippen LogP contribution in [0.25, 0.3) is 0 Å². The van der Waals surface area contributed by atoms with Crippen LogP contribution in [0.15, 0.2) is 0 Å². The molecule has 16 heavy (non-hydrogen) atoms. The van der Waals surface area contributed by atoms with Crippen LogP contribution in [0.3, 0.4) is 0 Å². The molecule has 2 atom stereocenters. The van der Waals surface area contributed by atoms with Gasteiger partial charge in [-0.2, -0.15) is 0 Å². The van der Waals surface area contributed by atoms with Crippen molar-refractivity contribution >= 4 is 0 Å². The van der Waals surface area contributed by atoms with Crippen LogP contribution in [0, 0.1) is 20.8 Å². The Morgan fingerprint density at radius 3 is 2.50 bits per heavy atom. The van der Waals surface area contributed by atoms with Crippen molar-refractivity contribution in [3.05, 3.63) is 22.8 Å². The molecule has 0 saturated carbocycles. The number of aryl methyl sites for hydroxylation is 3. The fraction of sp³-hybridized carbons (Fsp3) is 0.667. The zero-order valence-electron chi connectivity index (χ0n) is 10.0. The average Bonchev–Trinajstić information content (AvgIpc) is 2.23. The van der Waals surface area contributed by atoms with Crippen molar-refractivity contribution in [1.82, 2.24) is 9.97 Å². The monoisotopic (exact) mass is 222 g/mol. The SMILES string of the molecule is Cc1nc(C)c(C2CC(O)CCO2)nc1C. The van der Waals surface area contributed by atoms with Gasteiger partial charge in [-0.05, 0) is 27.2 Å². The summed E-state index contributed by atoms with van der Waals surface area (Å²) in [6.45, 7) is 6.44. The fourth-order valence-electron chi connectivity index (χ4n) is 2.01. The Balaban J connectivity index is 2.29. The lowest BCUT2D eigenvalue weighted by Crippen LogP contribution is -2.25. The van der Waals surface area contributed by atoms with Crippen molar-refractivity contribution in [2.24, 2.45) is 0 Å². The van der Waals surface area contributed by atoms with E-state index >= 15 is 0 Å². The van der Waals surface area contributed by atoms with Gasteiger partial charge in [0.15, 0.2) is 0 Å². The fourth-order valence-corrected chi connectivity index (χ4v) is 2.01. The third-order valence-electron chi connectivity index (χ3n) is 3.08. The van der Waals surface area contributed by atoms with Crippen LogP contribution < -0.4 is 0 Å². The van der Waals surface area contributed by atoms with E-state index in [1.807, 2.05) is 20.8 Å². The third-order valence-corrected chi connectivity index (χ3v) is 3.08. The van der Waals surface area contributed by atoms with Crippen molar-refractivity contribution in [1.29, 1.82) is 0 Å². The maximum atomic E-state index is 9.63. The molecule has 0 radical (unpaired) electrons. The number of aliphatic hydroxyl groups is 1. The van der Waals surface area contributed by atoms with Crippen LogP contribution >= 0.6 is 0 Å². The van der Waals surface area contributed by atoms with Gasteiger partial charge >= 0.3 is 0 Å². The van der Waals surface area contributed by atoms with Gasteiger partial charge in [-0.1, -0.05) is 0 Å². The van der Waals surface area contributed by atoms with E-state index in [1.165, 1.54) is 0 Å². The molecule has 1 aromatic rings. The highest BCUT2D eigenvalue weighted by Gasteiger charge is 2.25. The molecule has 2 heterocycles. The van der Waals surface area contributed by atoms with E-state index in [9.17, 15) is 5.11 Å². The van der Waals surface area contributed by atoms with E-state index < -0.39 is 0 Å². The number of aromatic nitrogens is 2. The highest BCUT2D eigenvalue weighted by molar-refractivity contribution is 5.20. The quantitative estimate of drug-likeness (QED) is 0.784. The normalized spacial score (nSPS) is 25.8. The first-order valence-electron chi connectivity index (χ1n) is 5.69. The summed E-state index contributed by atoms with van der Waals surface area (Å²) in [6, 6.07) is 0. The Hall–Kier alpha value is -1.00. The van der Waals surface area contributed by atoms with Crippen LogP contribution in [0.1, 0.15) is 41.7 Å². The van der Waals surface area contributed by atoms with Gasteiger partial charge in [0.05, 0.1) is 28.9 Å². The van der Waals surface area contributed by atoms with Gasteiger partial charge in [-0.25, -0.2) is 0 Å². The summed E-state index contributed by atoms with van der Waals surface area (Å²) in [5, 5.41) is 9.63. The minimum Gasteiger partial charge on any atom is -0.393 e. The number of rotatable bonds is 1. The predicted octanol–water partition coefficient (Wildman–Crippen LogP) is 1.61. The van der Waals surface area contributed by atoms with Gasteiger partial charge in [-0.15, -0.1) is 0 Å². The van der Waals surface area contributed by atoms with Gasteiger partial charge in [0.25, 0.3) is 0 Å². The molecule has 4 heteroatoms. The lowest BCUT2D eigenvalue weighted by atomic mass is 10.0. The molecule has 1 N–H and O–H groups in total. The zero-order chi connectivity index (χ0) is 11.7. The van der Waals surface area contributed by atoms with Crippen LogP contribution in [-0.4, -0.2) is 27.8 Å². The Bertz CT molecular complexity index is 393. The molecule has 0 aromatic carbocycles. The first-order chi connectivity index (χ1) is 7.58. The number of hydrogen-bond donors (Lipinski definition) is 1. The molecule has 4 nitrogen and oxygen atoms in total. The molecule has 1 saturated heterocycles. The van der Waals surface area contributed by atoms with Crippen molar-refractivity contribution in [3.8, 4) is 0 Å². The Kier molecular flexibility index (Phi) is 3.21. The van der Waals surface area contributed by atoms with E-state index in [2.05, 4.69) is 9.97 Å². The summed E-state index contributed by atoms with van der Waals surface area (Å²) in [4.78, 5) is 8.98. The van der Waals surface area contributed by atoms with Gasteiger partial charge in [-0.3, -0.25) is 9.97 Å². The summed E-state index contributed by atoms with van der Waals surface area (Å²) in [7, 11) is 0. The lowest BCUT2D eigenvalue weighted by molar-refractivity contribution is -0.0471. The first-order valence-corrected chi connectivity index (χ1v) is 5.69. The summed E-state index contributed by atoms with van der Waals surface area (Å²) in [6.07, 6.45) is 0.961. The maximum absolute atomic E-state index is 9.63. The molecule has 1 aromatic heterocycles. The second kappa shape index (κ2) is 4.47. The van der Waals surface area contributed by atoms with E-state index in [4.69, 9.17) is 4.74 Å². The molecule has 2 unspecified atom stereocenters. The van der Waals surface area contributed by atoms with Crippen LogP contribution in [0.4, 0.5) is 0 Å². The van der Waals surface area contributed by atoms with E-state index in [-0.39, 0.29) is 12.2 Å². The van der Waals surface area contributed by atoms with Crippen LogP contribution in [-0.2, 0) is 4.74 Å². The second-order valence-corrected chi connectivity index (χ2v) is 4.40. The van der Waals surface area contributed by atoms with Gasteiger partial charge in [0, 0.05) is 13.0 Å². The molecular formula is C12H18N2O2. The lowest BCUT2D eigenvalue weighted by Gasteiger charge is -2.27. The van der Waals surface area contributed by atoms with Crippen molar-refractivity contribution in [2.75, 3.05) is 6.61 Å². The van der Waals surface area contributed by atoms with Gasteiger partial charge in [0.2, 0.25) is 0 Å². The maximum Gasteiger partial charge on any atom is 0.104 e. The number of aliphatic hydroxyl groups excluding tert-OH is 1. The zero-order valence-corrected chi connectivity index (χ0v) is 10.0. The van der Waals surface area contributed by atoms with E-state index in [1.54, 1.807) is 0 Å². The third kappa shape index (κ3) is 2.23. The Labute approximate surface area is 95.7 Å². The predicted molar refractivity (Wildman–Crippen MR) is 60.2 cm³/mol. The summed E-state index contributed by atoms with van der Waals surface area (Å²) >= 11 is 0. The minimum absolute atomic E-state index is 0.101. The molecule has 1 aliphatic heterocycles. The van der Waals surface area contributed by atoms with E-state index in [0.29, 0.717) is 19.4 Å². The van der Waals surface area contributed by atoms with Crippen molar-refractivity contribution < 1.29 is 9.84 Å². The molecule has 88 valence electrons. The highest BCUT2D eigenvalue weighted by atomic mass is 16.5. The minimum atomic E-state index is -0.276.